The van der Waals surface area contributed by atoms with Crippen molar-refractivity contribution in [1.82, 2.24) is 4.98 Å². The molecule has 6 nitrogen and oxygen atoms in total. The standard InChI is InChI=1S/C21H19N3O3S/c1-27-18-5-3-2-4-17(18)24-13-15(12-19(24)25)20(26)23-16-8-6-14(7-9-16)21-22-10-11-28-21/h2-11,15H,12-13H2,1H3,(H,23,26)/t15-/m0/s1. The van der Waals surface area contributed by atoms with Crippen LogP contribution < -0.4 is 15.0 Å². The minimum atomic E-state index is -0.406. The number of carbonyl (C=O) groups is 2. The quantitative estimate of drug-likeness (QED) is 0.716. The van der Waals surface area contributed by atoms with Crippen LogP contribution in [0.15, 0.2) is 60.1 Å². The van der Waals surface area contributed by atoms with Crippen LogP contribution in [-0.4, -0.2) is 30.5 Å². The molecule has 3 aromatic rings. The molecule has 0 unspecified atom stereocenters. The summed E-state index contributed by atoms with van der Waals surface area (Å²) < 4.78 is 5.34. The molecule has 1 N–H and O–H groups in total. The van der Waals surface area contributed by atoms with Crippen LogP contribution in [0.2, 0.25) is 0 Å². The summed E-state index contributed by atoms with van der Waals surface area (Å²) in [5, 5.41) is 5.77. The highest BCUT2D eigenvalue weighted by atomic mass is 32.1. The number of para-hydroxylation sites is 2. The zero-order chi connectivity index (χ0) is 19.5. The Morgan fingerprint density at radius 2 is 2.00 bits per heavy atom. The van der Waals surface area contributed by atoms with Gasteiger partial charge in [-0.2, -0.15) is 0 Å². The predicted octanol–water partition coefficient (Wildman–Crippen LogP) is 3.81. The van der Waals surface area contributed by atoms with Crippen molar-refractivity contribution in [2.24, 2.45) is 5.92 Å². The Morgan fingerprint density at radius 3 is 2.71 bits per heavy atom. The number of ether oxygens (including phenoxy) is 1. The van der Waals surface area contributed by atoms with Crippen LogP contribution >= 0.6 is 11.3 Å². The minimum absolute atomic E-state index is 0.0798. The molecule has 28 heavy (non-hydrogen) atoms. The predicted molar refractivity (Wildman–Crippen MR) is 110 cm³/mol. The molecular formula is C21H19N3O3S. The second kappa shape index (κ2) is 7.82. The largest absolute Gasteiger partial charge is 0.495 e. The number of hydrogen-bond donors (Lipinski definition) is 1. The molecule has 0 radical (unpaired) electrons. The van der Waals surface area contributed by atoms with Gasteiger partial charge in [0.05, 0.1) is 18.7 Å². The third-order valence-corrected chi connectivity index (χ3v) is 5.53. The molecule has 1 aromatic heterocycles. The summed E-state index contributed by atoms with van der Waals surface area (Å²) in [6, 6.07) is 14.9. The fourth-order valence-electron chi connectivity index (χ4n) is 3.28. The lowest BCUT2D eigenvalue weighted by Gasteiger charge is -2.19. The van der Waals surface area contributed by atoms with Crippen LogP contribution in [0.3, 0.4) is 0 Å². The lowest BCUT2D eigenvalue weighted by Crippen LogP contribution is -2.28. The zero-order valence-corrected chi connectivity index (χ0v) is 16.1. The van der Waals surface area contributed by atoms with Crippen LogP contribution in [0.1, 0.15) is 6.42 Å². The van der Waals surface area contributed by atoms with Crippen LogP contribution in [0.5, 0.6) is 5.75 Å². The van der Waals surface area contributed by atoms with E-state index in [0.29, 0.717) is 23.7 Å². The van der Waals surface area contributed by atoms with E-state index >= 15 is 0 Å². The molecular weight excluding hydrogens is 374 g/mol. The lowest BCUT2D eigenvalue weighted by atomic mass is 10.1. The summed E-state index contributed by atoms with van der Waals surface area (Å²) in [4.78, 5) is 31.0. The van der Waals surface area contributed by atoms with Gasteiger partial charge in [0.1, 0.15) is 10.8 Å². The first-order chi connectivity index (χ1) is 13.7. The molecule has 2 amide bonds. The van der Waals surface area contributed by atoms with Gasteiger partial charge in [-0.3, -0.25) is 9.59 Å². The Morgan fingerprint density at radius 1 is 1.21 bits per heavy atom. The van der Waals surface area contributed by atoms with Crippen molar-refractivity contribution in [2.45, 2.75) is 6.42 Å². The smallest absolute Gasteiger partial charge is 0.229 e. The summed E-state index contributed by atoms with van der Waals surface area (Å²) in [5.74, 6) is -0.0257. The van der Waals surface area contributed by atoms with Gasteiger partial charge in [0.25, 0.3) is 0 Å². The first-order valence-electron chi connectivity index (χ1n) is 8.90. The molecule has 1 aliphatic rings. The van der Waals surface area contributed by atoms with E-state index in [-0.39, 0.29) is 18.2 Å². The van der Waals surface area contributed by atoms with Crippen molar-refractivity contribution in [3.05, 3.63) is 60.1 Å². The minimum Gasteiger partial charge on any atom is -0.495 e. The molecule has 1 aliphatic heterocycles. The zero-order valence-electron chi connectivity index (χ0n) is 15.3. The average molecular weight is 393 g/mol. The van der Waals surface area contributed by atoms with E-state index < -0.39 is 5.92 Å². The number of rotatable bonds is 5. The Bertz CT molecular complexity index is 986. The molecule has 7 heteroatoms. The second-order valence-electron chi connectivity index (χ2n) is 6.48. The highest BCUT2D eigenvalue weighted by Gasteiger charge is 2.36. The van der Waals surface area contributed by atoms with E-state index in [0.717, 1.165) is 10.6 Å². The van der Waals surface area contributed by atoms with Crippen molar-refractivity contribution >= 4 is 34.5 Å². The van der Waals surface area contributed by atoms with Gasteiger partial charge >= 0.3 is 0 Å². The van der Waals surface area contributed by atoms with Crippen molar-refractivity contribution in [3.63, 3.8) is 0 Å². The first-order valence-corrected chi connectivity index (χ1v) is 9.78. The van der Waals surface area contributed by atoms with E-state index in [4.69, 9.17) is 4.74 Å². The maximum Gasteiger partial charge on any atom is 0.229 e. The topological polar surface area (TPSA) is 71.5 Å². The molecule has 1 saturated heterocycles. The summed E-state index contributed by atoms with van der Waals surface area (Å²) in [6.07, 6.45) is 1.95. The molecule has 142 valence electrons. The molecule has 0 bridgehead atoms. The fraction of sp³-hybridized carbons (Fsp3) is 0.190. The molecule has 2 heterocycles. The number of methoxy groups -OCH3 is 1. The molecule has 4 rings (SSSR count). The normalized spacial score (nSPS) is 16.2. The third-order valence-electron chi connectivity index (χ3n) is 4.70. The van der Waals surface area contributed by atoms with Gasteiger partial charge in [0.15, 0.2) is 0 Å². The molecule has 0 aliphatic carbocycles. The number of amides is 2. The average Bonchev–Trinajstić information content (AvgIpc) is 3.38. The SMILES string of the molecule is COc1ccccc1N1C[C@@H](C(=O)Nc2ccc(-c3nccs3)cc2)CC1=O. The Balaban J connectivity index is 1.44. The fourth-order valence-corrected chi connectivity index (χ4v) is 3.92. The van der Waals surface area contributed by atoms with Crippen LogP contribution in [0.4, 0.5) is 11.4 Å². The van der Waals surface area contributed by atoms with Gasteiger partial charge in [0, 0.05) is 35.8 Å². The Kier molecular flexibility index (Phi) is 5.08. The molecule has 2 aromatic carbocycles. The molecule has 1 atom stereocenters. The van der Waals surface area contributed by atoms with E-state index in [2.05, 4.69) is 10.3 Å². The summed E-state index contributed by atoms with van der Waals surface area (Å²) in [7, 11) is 1.57. The van der Waals surface area contributed by atoms with E-state index in [1.807, 2.05) is 47.8 Å². The summed E-state index contributed by atoms with van der Waals surface area (Å²) in [5.41, 5.74) is 2.40. The van der Waals surface area contributed by atoms with Crippen molar-refractivity contribution < 1.29 is 14.3 Å². The maximum atomic E-state index is 12.7. The van der Waals surface area contributed by atoms with Crippen LogP contribution in [-0.2, 0) is 9.59 Å². The number of benzene rings is 2. The van der Waals surface area contributed by atoms with Crippen molar-refractivity contribution in [3.8, 4) is 16.3 Å². The van der Waals surface area contributed by atoms with Crippen LogP contribution in [0.25, 0.3) is 10.6 Å². The van der Waals surface area contributed by atoms with Crippen molar-refractivity contribution in [1.29, 1.82) is 0 Å². The van der Waals surface area contributed by atoms with E-state index in [9.17, 15) is 9.59 Å². The number of aromatic nitrogens is 1. The number of hydrogen-bond acceptors (Lipinski definition) is 5. The van der Waals surface area contributed by atoms with Gasteiger partial charge in [-0.1, -0.05) is 12.1 Å². The molecule has 0 spiro atoms. The number of nitrogens with zero attached hydrogens (tertiary/aromatic N) is 2. The van der Waals surface area contributed by atoms with Crippen LogP contribution in [0, 0.1) is 5.92 Å². The number of thiazole rings is 1. The van der Waals surface area contributed by atoms with Gasteiger partial charge in [-0.25, -0.2) is 4.98 Å². The first kappa shape index (κ1) is 18.2. The highest BCUT2D eigenvalue weighted by Crippen LogP contribution is 2.33. The number of nitrogens with one attached hydrogen (secondary N) is 1. The van der Waals surface area contributed by atoms with E-state index in [1.54, 1.807) is 35.6 Å². The lowest BCUT2D eigenvalue weighted by molar-refractivity contribution is -0.122. The van der Waals surface area contributed by atoms with Gasteiger partial charge in [-0.15, -0.1) is 11.3 Å². The highest BCUT2D eigenvalue weighted by molar-refractivity contribution is 7.13. The third kappa shape index (κ3) is 3.61. The number of carbonyl (C=O) groups excluding carboxylic acids is 2. The molecule has 0 saturated carbocycles. The van der Waals surface area contributed by atoms with Crippen molar-refractivity contribution in [2.75, 3.05) is 23.9 Å². The van der Waals surface area contributed by atoms with E-state index in [1.165, 1.54) is 0 Å². The summed E-state index contributed by atoms with van der Waals surface area (Å²) >= 11 is 1.57. The second-order valence-corrected chi connectivity index (χ2v) is 7.38. The molecule has 1 fully saturated rings. The summed E-state index contributed by atoms with van der Waals surface area (Å²) in [6.45, 7) is 0.336. The van der Waals surface area contributed by atoms with Gasteiger partial charge < -0.3 is 15.0 Å². The monoisotopic (exact) mass is 393 g/mol. The van der Waals surface area contributed by atoms with Gasteiger partial charge in [0.2, 0.25) is 11.8 Å². The van der Waals surface area contributed by atoms with Gasteiger partial charge in [-0.05, 0) is 36.4 Å². The number of anilines is 2. The Hall–Kier alpha value is -3.19. The Labute approximate surface area is 166 Å². The maximum absolute atomic E-state index is 12.7.